The zero-order valence-electron chi connectivity index (χ0n) is 18.7. The Labute approximate surface area is 198 Å². The molecule has 5 rings (SSSR count). The van der Waals surface area contributed by atoms with Gasteiger partial charge in [-0.05, 0) is 29.3 Å². The zero-order chi connectivity index (χ0) is 24.6. The summed E-state index contributed by atoms with van der Waals surface area (Å²) in [5.41, 5.74) is 4.18. The first-order valence-corrected chi connectivity index (χ1v) is 11.1. The number of halogens is 4. The molecule has 0 amide bonds. The van der Waals surface area contributed by atoms with Gasteiger partial charge in [0.1, 0.15) is 11.5 Å². The predicted molar refractivity (Wildman–Crippen MR) is 126 cm³/mol. The Morgan fingerprint density at radius 2 is 1.86 bits per heavy atom. The third-order valence-corrected chi connectivity index (χ3v) is 6.05. The van der Waals surface area contributed by atoms with Crippen LogP contribution in [0.15, 0.2) is 55.5 Å². The van der Waals surface area contributed by atoms with Crippen LogP contribution in [-0.4, -0.2) is 44.1 Å². The topological polar surface area (TPSA) is 69.7 Å². The van der Waals surface area contributed by atoms with Gasteiger partial charge in [0.05, 0.1) is 17.4 Å². The molecule has 180 valence electrons. The van der Waals surface area contributed by atoms with Crippen LogP contribution in [0, 0.1) is 11.6 Å². The highest BCUT2D eigenvalue weighted by molar-refractivity contribution is 5.94. The van der Waals surface area contributed by atoms with Crippen molar-refractivity contribution in [2.75, 3.05) is 18.4 Å². The molecule has 3 aromatic heterocycles. The Morgan fingerprint density at radius 1 is 1.06 bits per heavy atom. The van der Waals surface area contributed by atoms with E-state index >= 15 is 0 Å². The van der Waals surface area contributed by atoms with Crippen LogP contribution in [0.2, 0.25) is 0 Å². The van der Waals surface area contributed by atoms with Crippen LogP contribution in [0.1, 0.15) is 24.1 Å². The quantitative estimate of drug-likeness (QED) is 0.350. The second-order valence-corrected chi connectivity index (χ2v) is 8.63. The molecule has 2 N–H and O–H groups in total. The monoisotopic (exact) mass is 482 g/mol. The van der Waals surface area contributed by atoms with Gasteiger partial charge in [0.2, 0.25) is 0 Å². The summed E-state index contributed by atoms with van der Waals surface area (Å²) in [7, 11) is 0. The number of hydrogen-bond donors (Lipinski definition) is 2. The third-order valence-electron chi connectivity index (χ3n) is 6.05. The molecule has 10 heteroatoms. The van der Waals surface area contributed by atoms with Crippen LogP contribution in [0.5, 0.6) is 0 Å². The van der Waals surface area contributed by atoms with E-state index in [1.807, 2.05) is 29.2 Å². The molecule has 0 unspecified atom stereocenters. The van der Waals surface area contributed by atoms with Crippen LogP contribution in [0.25, 0.3) is 27.7 Å². The number of nitrogens with zero attached hydrogens (tertiary/aromatic N) is 4. The van der Waals surface area contributed by atoms with Crippen molar-refractivity contribution in [3.05, 3.63) is 78.4 Å². The number of benzene rings is 1. The minimum Gasteiger partial charge on any atom is -0.336 e. The highest BCUT2D eigenvalue weighted by Gasteiger charge is 2.33. The predicted octanol–water partition coefficient (Wildman–Crippen LogP) is 5.61. The fraction of sp³-hybridized carbons (Fsp3) is 0.240. The molecule has 0 bridgehead atoms. The first-order chi connectivity index (χ1) is 16.8. The number of likely N-dealkylation sites (tertiary alicyclic amines) is 1. The van der Waals surface area contributed by atoms with E-state index in [1.165, 1.54) is 0 Å². The van der Waals surface area contributed by atoms with E-state index < -0.39 is 17.6 Å². The van der Waals surface area contributed by atoms with Gasteiger partial charge < -0.3 is 5.32 Å². The van der Waals surface area contributed by atoms with Gasteiger partial charge in [-0.2, -0.15) is 5.10 Å². The molecule has 1 aliphatic rings. The van der Waals surface area contributed by atoms with Gasteiger partial charge in [-0.3, -0.25) is 15.0 Å². The van der Waals surface area contributed by atoms with Crippen molar-refractivity contribution < 1.29 is 17.6 Å². The second kappa shape index (κ2) is 9.10. The first kappa shape index (κ1) is 23.0. The number of fused-ring (bicyclic) bond motifs is 1. The summed E-state index contributed by atoms with van der Waals surface area (Å²) >= 11 is 0. The fourth-order valence-electron chi connectivity index (χ4n) is 4.16. The van der Waals surface area contributed by atoms with Crippen LogP contribution in [0.3, 0.4) is 0 Å². The zero-order valence-corrected chi connectivity index (χ0v) is 18.7. The molecular weight excluding hydrogens is 460 g/mol. The molecular formula is C25H22F4N6. The number of alkyl halides is 2. The summed E-state index contributed by atoms with van der Waals surface area (Å²) in [6.07, 6.45) is 4.13. The summed E-state index contributed by atoms with van der Waals surface area (Å²) < 4.78 is 54.1. The van der Waals surface area contributed by atoms with Gasteiger partial charge >= 0.3 is 0 Å². The van der Waals surface area contributed by atoms with E-state index in [0.717, 1.165) is 39.9 Å². The summed E-state index contributed by atoms with van der Waals surface area (Å²) in [6.45, 7) is 5.18. The molecule has 1 saturated heterocycles. The van der Waals surface area contributed by atoms with Gasteiger partial charge in [-0.1, -0.05) is 12.6 Å². The Kier molecular flexibility index (Phi) is 5.98. The maximum Gasteiger partial charge on any atom is 0.250 e. The number of aromatic amines is 1. The Hall–Kier alpha value is -3.79. The number of anilines is 1. The molecule has 4 heterocycles. The fourth-order valence-corrected chi connectivity index (χ4v) is 4.16. The molecule has 1 fully saturated rings. The number of H-pyrrole nitrogens is 1. The normalized spacial score (nSPS) is 15.9. The lowest BCUT2D eigenvalue weighted by Crippen LogP contribution is -2.38. The van der Waals surface area contributed by atoms with E-state index in [4.69, 9.17) is 0 Å². The highest BCUT2D eigenvalue weighted by atomic mass is 19.3. The van der Waals surface area contributed by atoms with Gasteiger partial charge in [-0.25, -0.2) is 22.5 Å². The van der Waals surface area contributed by atoms with Crippen LogP contribution >= 0.6 is 0 Å². The van der Waals surface area contributed by atoms with Gasteiger partial charge in [-0.15, -0.1) is 0 Å². The Morgan fingerprint density at radius 3 is 2.63 bits per heavy atom. The highest BCUT2D eigenvalue weighted by Crippen LogP contribution is 2.31. The molecule has 1 aliphatic heterocycles. The minimum atomic E-state index is -2.58. The largest absolute Gasteiger partial charge is 0.336 e. The Balaban J connectivity index is 1.37. The van der Waals surface area contributed by atoms with Crippen molar-refractivity contribution in [3.8, 4) is 11.1 Å². The molecule has 4 aromatic rings. The number of aromatic nitrogens is 4. The molecule has 0 radical (unpaired) electrons. The lowest BCUT2D eigenvalue weighted by molar-refractivity contribution is -0.0566. The lowest BCUT2D eigenvalue weighted by atomic mass is 10.0. The molecule has 35 heavy (non-hydrogen) atoms. The van der Waals surface area contributed by atoms with Crippen LogP contribution < -0.4 is 5.32 Å². The smallest absolute Gasteiger partial charge is 0.250 e. The van der Waals surface area contributed by atoms with Crippen molar-refractivity contribution in [1.29, 1.82) is 0 Å². The molecule has 0 spiro atoms. The molecule has 0 atom stereocenters. The third kappa shape index (κ3) is 5.02. The number of rotatable bonds is 6. The lowest BCUT2D eigenvalue weighted by Gasteiger charge is -2.31. The van der Waals surface area contributed by atoms with Crippen molar-refractivity contribution in [2.45, 2.75) is 25.3 Å². The summed E-state index contributed by atoms with van der Waals surface area (Å²) in [5.74, 6) is -4.35. The maximum absolute atomic E-state index is 14.0. The van der Waals surface area contributed by atoms with Crippen molar-refractivity contribution in [2.24, 2.45) is 0 Å². The minimum absolute atomic E-state index is 0.130. The number of nitrogens with one attached hydrogen (secondary N) is 2. The van der Waals surface area contributed by atoms with E-state index in [-0.39, 0.29) is 18.7 Å². The van der Waals surface area contributed by atoms with Gasteiger partial charge in [0, 0.05) is 61.9 Å². The van der Waals surface area contributed by atoms with Crippen molar-refractivity contribution in [3.63, 3.8) is 0 Å². The SMILES string of the molecule is C=C(Nc1ncc(F)cc1F)c1n[nH]c2ccc(-c3cncc(CN4CCC(F)(F)CC4)c3)cc12. The number of pyridine rings is 2. The van der Waals surface area contributed by atoms with Crippen LogP contribution in [0.4, 0.5) is 23.4 Å². The maximum atomic E-state index is 14.0. The van der Waals surface area contributed by atoms with E-state index in [9.17, 15) is 17.6 Å². The molecule has 0 saturated carbocycles. The molecule has 0 aliphatic carbocycles. The van der Waals surface area contributed by atoms with Crippen LogP contribution in [-0.2, 0) is 6.54 Å². The van der Waals surface area contributed by atoms with Gasteiger partial charge in [0.25, 0.3) is 5.92 Å². The second-order valence-electron chi connectivity index (χ2n) is 8.63. The average molecular weight is 482 g/mol. The standard InChI is InChI=1S/C25H22F4N6/c1-15(32-24-21(27)10-19(26)13-31-24)23-20-9-17(2-3-22(20)33-34-23)18-8-16(11-30-12-18)14-35-6-4-25(28,29)5-7-35/h2-3,8-13H,1,4-7,14H2,(H,31,32)(H,33,34). The van der Waals surface area contributed by atoms with E-state index in [0.29, 0.717) is 31.0 Å². The molecule has 1 aromatic carbocycles. The number of piperidine rings is 1. The van der Waals surface area contributed by atoms with Crippen molar-refractivity contribution >= 4 is 22.4 Å². The Bertz CT molecular complexity index is 1390. The first-order valence-electron chi connectivity index (χ1n) is 11.1. The molecule has 6 nitrogen and oxygen atoms in total. The summed E-state index contributed by atoms with van der Waals surface area (Å²) in [6, 6.07) is 8.43. The van der Waals surface area contributed by atoms with Crippen molar-refractivity contribution in [1.82, 2.24) is 25.1 Å². The summed E-state index contributed by atoms with van der Waals surface area (Å²) in [5, 5.41) is 10.7. The van der Waals surface area contributed by atoms with E-state index in [2.05, 4.69) is 32.1 Å². The van der Waals surface area contributed by atoms with Gasteiger partial charge in [0.15, 0.2) is 11.6 Å². The average Bonchev–Trinajstić information content (AvgIpc) is 3.26. The van der Waals surface area contributed by atoms with E-state index in [1.54, 1.807) is 12.4 Å². The number of hydrogen-bond acceptors (Lipinski definition) is 5. The summed E-state index contributed by atoms with van der Waals surface area (Å²) in [4.78, 5) is 10.1.